The van der Waals surface area contributed by atoms with E-state index in [0.29, 0.717) is 11.1 Å². The number of nitrogens with zero attached hydrogens (tertiary/aromatic N) is 1. The van der Waals surface area contributed by atoms with E-state index in [1.54, 1.807) is 13.8 Å². The highest BCUT2D eigenvalue weighted by atomic mass is 16.1. The lowest BCUT2D eigenvalue weighted by molar-refractivity contribution is 0.100. The van der Waals surface area contributed by atoms with Crippen LogP contribution in [0.4, 0.5) is 0 Å². The Bertz CT molecular complexity index is 882. The van der Waals surface area contributed by atoms with Crippen LogP contribution in [-0.4, -0.2) is 29.2 Å². The maximum Gasteiger partial charge on any atom is 0.159 e. The number of nitrogens with one attached hydrogen (secondary N) is 1. The highest BCUT2D eigenvalue weighted by molar-refractivity contribution is 6.12. The third-order valence-corrected chi connectivity index (χ3v) is 4.66. The van der Waals surface area contributed by atoms with Gasteiger partial charge >= 0.3 is 0 Å². The quantitative estimate of drug-likeness (QED) is 0.520. The van der Waals surface area contributed by atoms with Crippen LogP contribution < -0.4 is 5.32 Å². The molecule has 0 fully saturated rings. The first kappa shape index (κ1) is 17.4. The zero-order valence-corrected chi connectivity index (χ0v) is 15.1. The van der Waals surface area contributed by atoms with Crippen molar-refractivity contribution in [3.05, 3.63) is 47.5 Å². The van der Waals surface area contributed by atoms with Gasteiger partial charge in [0.2, 0.25) is 0 Å². The van der Waals surface area contributed by atoms with Crippen LogP contribution in [0.3, 0.4) is 0 Å². The number of hydrogen-bond donors (Lipinski definition) is 1. The van der Waals surface area contributed by atoms with Gasteiger partial charge in [0.25, 0.3) is 0 Å². The van der Waals surface area contributed by atoms with E-state index in [9.17, 15) is 9.59 Å². The molecular weight excluding hydrogens is 312 g/mol. The second kappa shape index (κ2) is 7.19. The summed E-state index contributed by atoms with van der Waals surface area (Å²) < 4.78 is 2.29. The van der Waals surface area contributed by atoms with Gasteiger partial charge in [-0.3, -0.25) is 9.59 Å². The summed E-state index contributed by atoms with van der Waals surface area (Å²) in [6.45, 7) is 8.10. The second-order valence-corrected chi connectivity index (χ2v) is 6.43. The lowest BCUT2D eigenvalue weighted by atomic mass is 10.0. The van der Waals surface area contributed by atoms with Crippen LogP contribution in [0, 0.1) is 0 Å². The van der Waals surface area contributed by atoms with E-state index < -0.39 is 0 Å². The second-order valence-electron chi connectivity index (χ2n) is 6.43. The lowest BCUT2D eigenvalue weighted by Crippen LogP contribution is -2.15. The third-order valence-electron chi connectivity index (χ3n) is 4.66. The van der Waals surface area contributed by atoms with Gasteiger partial charge in [0.15, 0.2) is 11.6 Å². The molecule has 0 unspecified atom stereocenters. The number of carbonyl (C=O) groups excluding carboxylic acids is 2. The minimum Gasteiger partial charge on any atom is -0.340 e. The number of Topliss-reactive ketones (excluding diaryl/α,β-unsaturated/α-hetero) is 2. The average Bonchev–Trinajstić information content (AvgIpc) is 2.91. The first-order valence-electron chi connectivity index (χ1n) is 8.81. The minimum absolute atomic E-state index is 0.0534. The molecule has 0 spiro atoms. The molecule has 1 N–H and O–H groups in total. The fraction of sp³-hybridized carbons (Fsp3) is 0.333. The first-order chi connectivity index (χ1) is 12.0. The van der Waals surface area contributed by atoms with Gasteiger partial charge in [-0.2, -0.15) is 0 Å². The topological polar surface area (TPSA) is 51.1 Å². The molecule has 0 aliphatic carbocycles. The van der Waals surface area contributed by atoms with Crippen LogP contribution in [-0.2, 0) is 6.54 Å². The van der Waals surface area contributed by atoms with Gasteiger partial charge in [-0.1, -0.05) is 6.92 Å². The molecule has 0 radical (unpaired) electrons. The van der Waals surface area contributed by atoms with E-state index in [1.807, 2.05) is 36.4 Å². The molecule has 0 saturated carbocycles. The Morgan fingerprint density at radius 1 is 0.920 bits per heavy atom. The van der Waals surface area contributed by atoms with Crippen molar-refractivity contribution in [2.24, 2.45) is 0 Å². The first-order valence-corrected chi connectivity index (χ1v) is 8.81. The molecule has 0 aliphatic rings. The summed E-state index contributed by atoms with van der Waals surface area (Å²) in [6.07, 6.45) is 1.02. The predicted molar refractivity (Wildman–Crippen MR) is 103 cm³/mol. The van der Waals surface area contributed by atoms with Gasteiger partial charge in [-0.15, -0.1) is 0 Å². The Labute approximate surface area is 147 Å². The summed E-state index contributed by atoms with van der Waals surface area (Å²) in [6, 6.07) is 11.7. The number of rotatable bonds is 7. The number of carbonyl (C=O) groups is 2. The predicted octanol–water partition coefficient (Wildman–Crippen LogP) is 4.20. The van der Waals surface area contributed by atoms with Crippen molar-refractivity contribution in [2.75, 3.05) is 13.1 Å². The van der Waals surface area contributed by atoms with Gasteiger partial charge in [0.05, 0.1) is 0 Å². The van der Waals surface area contributed by atoms with Crippen LogP contribution in [0.25, 0.3) is 21.8 Å². The van der Waals surface area contributed by atoms with E-state index in [-0.39, 0.29) is 11.6 Å². The number of benzene rings is 2. The van der Waals surface area contributed by atoms with Crippen LogP contribution in [0.5, 0.6) is 0 Å². The normalized spacial score (nSPS) is 11.3. The zero-order chi connectivity index (χ0) is 18.0. The fourth-order valence-corrected chi connectivity index (χ4v) is 3.32. The Hall–Kier alpha value is -2.46. The van der Waals surface area contributed by atoms with Crippen LogP contribution in [0.1, 0.15) is 47.9 Å². The highest BCUT2D eigenvalue weighted by Gasteiger charge is 2.13. The summed E-state index contributed by atoms with van der Waals surface area (Å²) in [7, 11) is 0. The van der Waals surface area contributed by atoms with Crippen LogP contribution in [0.15, 0.2) is 36.4 Å². The van der Waals surface area contributed by atoms with E-state index in [0.717, 1.165) is 47.9 Å². The lowest BCUT2D eigenvalue weighted by Gasteiger charge is -2.08. The van der Waals surface area contributed by atoms with Crippen molar-refractivity contribution >= 4 is 33.4 Å². The zero-order valence-electron chi connectivity index (χ0n) is 15.1. The van der Waals surface area contributed by atoms with E-state index in [2.05, 4.69) is 16.8 Å². The smallest absolute Gasteiger partial charge is 0.159 e. The average molecular weight is 336 g/mol. The van der Waals surface area contributed by atoms with Crippen molar-refractivity contribution in [3.8, 4) is 0 Å². The van der Waals surface area contributed by atoms with Gasteiger partial charge in [0, 0.05) is 39.5 Å². The summed E-state index contributed by atoms with van der Waals surface area (Å²) in [5.74, 6) is 0.107. The molecule has 1 heterocycles. The number of aryl methyl sites for hydroxylation is 1. The molecule has 4 heteroatoms. The van der Waals surface area contributed by atoms with Gasteiger partial charge in [-0.25, -0.2) is 0 Å². The molecule has 0 saturated heterocycles. The molecule has 3 rings (SSSR count). The Kier molecular flexibility index (Phi) is 5.00. The standard InChI is InChI=1S/C21H24N2O2/c1-4-22-10-5-11-23-20-8-6-16(14(2)24)12-18(20)19-13-17(15(3)25)7-9-21(19)23/h6-9,12-13,22H,4-5,10-11H2,1-3H3. The number of fused-ring (bicyclic) bond motifs is 3. The maximum atomic E-state index is 11.8. The molecule has 0 bridgehead atoms. The summed E-state index contributed by atoms with van der Waals surface area (Å²) >= 11 is 0. The van der Waals surface area contributed by atoms with Crippen molar-refractivity contribution in [1.29, 1.82) is 0 Å². The van der Waals surface area contributed by atoms with Crippen molar-refractivity contribution in [1.82, 2.24) is 9.88 Å². The van der Waals surface area contributed by atoms with Crippen LogP contribution >= 0.6 is 0 Å². The van der Waals surface area contributed by atoms with Gasteiger partial charge in [-0.05, 0) is 69.8 Å². The molecule has 3 aromatic rings. The molecule has 4 nitrogen and oxygen atoms in total. The maximum absolute atomic E-state index is 11.8. The molecule has 1 aromatic heterocycles. The van der Waals surface area contributed by atoms with Crippen molar-refractivity contribution in [3.63, 3.8) is 0 Å². The van der Waals surface area contributed by atoms with Gasteiger partial charge < -0.3 is 9.88 Å². The Morgan fingerprint density at radius 3 is 1.88 bits per heavy atom. The molecule has 25 heavy (non-hydrogen) atoms. The van der Waals surface area contributed by atoms with E-state index in [4.69, 9.17) is 0 Å². The summed E-state index contributed by atoms with van der Waals surface area (Å²) in [5, 5.41) is 5.42. The van der Waals surface area contributed by atoms with Crippen molar-refractivity contribution in [2.45, 2.75) is 33.7 Å². The molecule has 0 aliphatic heterocycles. The number of hydrogen-bond acceptors (Lipinski definition) is 3. The number of aromatic nitrogens is 1. The molecule has 0 amide bonds. The molecular formula is C21H24N2O2. The summed E-state index contributed by atoms with van der Waals surface area (Å²) in [5.41, 5.74) is 3.62. The third kappa shape index (κ3) is 3.35. The Balaban J connectivity index is 2.18. The molecule has 0 atom stereocenters. The largest absolute Gasteiger partial charge is 0.340 e. The summed E-state index contributed by atoms with van der Waals surface area (Å²) in [4.78, 5) is 23.6. The SMILES string of the molecule is CCNCCCn1c2ccc(C(C)=O)cc2c2cc(C(C)=O)ccc21. The molecule has 2 aromatic carbocycles. The van der Waals surface area contributed by atoms with Gasteiger partial charge in [0.1, 0.15) is 0 Å². The molecule has 130 valence electrons. The Morgan fingerprint density at radius 2 is 1.44 bits per heavy atom. The van der Waals surface area contributed by atoms with Crippen molar-refractivity contribution < 1.29 is 9.59 Å². The number of ketones is 2. The highest BCUT2D eigenvalue weighted by Crippen LogP contribution is 2.31. The van der Waals surface area contributed by atoms with E-state index in [1.165, 1.54) is 0 Å². The monoisotopic (exact) mass is 336 g/mol. The van der Waals surface area contributed by atoms with E-state index >= 15 is 0 Å². The van der Waals surface area contributed by atoms with Crippen LogP contribution in [0.2, 0.25) is 0 Å². The minimum atomic E-state index is 0.0534. The fourth-order valence-electron chi connectivity index (χ4n) is 3.32.